The largest absolute Gasteiger partial charge is 0.396 e. The summed E-state index contributed by atoms with van der Waals surface area (Å²) in [7, 11) is 0. The van der Waals surface area contributed by atoms with Crippen molar-refractivity contribution in [3.8, 4) is 5.69 Å². The minimum Gasteiger partial charge on any atom is -0.396 e. The maximum absolute atomic E-state index is 11.7. The van der Waals surface area contributed by atoms with Crippen LogP contribution in [0.4, 0.5) is 0 Å². The van der Waals surface area contributed by atoms with Crippen molar-refractivity contribution in [2.24, 2.45) is 0 Å². The van der Waals surface area contributed by atoms with E-state index in [1.807, 2.05) is 30.3 Å². The Balaban J connectivity index is 2.04. The van der Waals surface area contributed by atoms with Crippen LogP contribution in [0.1, 0.15) is 16.8 Å². The summed E-state index contributed by atoms with van der Waals surface area (Å²) in [6.45, 7) is 0.537. The molecular weight excluding hydrogens is 230 g/mol. The smallest absolute Gasteiger partial charge is 0.254 e. The lowest BCUT2D eigenvalue weighted by Crippen LogP contribution is -2.24. The Labute approximate surface area is 105 Å². The highest BCUT2D eigenvalue weighted by atomic mass is 16.3. The van der Waals surface area contributed by atoms with E-state index in [0.29, 0.717) is 18.5 Å². The van der Waals surface area contributed by atoms with Crippen LogP contribution in [-0.4, -0.2) is 33.9 Å². The predicted octanol–water partition coefficient (Wildman–Crippen LogP) is 0.984. The van der Waals surface area contributed by atoms with Gasteiger partial charge < -0.3 is 10.4 Å². The lowest BCUT2D eigenvalue weighted by atomic mass is 10.3. The van der Waals surface area contributed by atoms with E-state index in [4.69, 9.17) is 5.11 Å². The molecule has 0 aliphatic rings. The third kappa shape index (κ3) is 2.95. The molecule has 18 heavy (non-hydrogen) atoms. The highest BCUT2D eigenvalue weighted by Crippen LogP contribution is 2.07. The number of hydrogen-bond acceptors (Lipinski definition) is 3. The molecule has 0 unspecified atom stereocenters. The van der Waals surface area contributed by atoms with Gasteiger partial charge in [-0.15, -0.1) is 0 Å². The molecule has 0 saturated heterocycles. The maximum Gasteiger partial charge on any atom is 0.254 e. The van der Waals surface area contributed by atoms with E-state index in [9.17, 15) is 4.79 Å². The van der Waals surface area contributed by atoms with Crippen molar-refractivity contribution in [3.63, 3.8) is 0 Å². The Morgan fingerprint density at radius 1 is 1.33 bits per heavy atom. The van der Waals surface area contributed by atoms with E-state index in [1.165, 1.54) is 6.20 Å². The molecular formula is C13H15N3O2. The molecule has 5 nitrogen and oxygen atoms in total. The number of aliphatic hydroxyl groups is 1. The lowest BCUT2D eigenvalue weighted by Gasteiger charge is -2.01. The fourth-order valence-electron chi connectivity index (χ4n) is 1.55. The molecule has 2 rings (SSSR count). The molecule has 0 radical (unpaired) electrons. The molecule has 0 saturated carbocycles. The van der Waals surface area contributed by atoms with Crippen LogP contribution in [0.25, 0.3) is 5.69 Å². The molecule has 1 amide bonds. The zero-order valence-corrected chi connectivity index (χ0v) is 9.91. The summed E-state index contributed by atoms with van der Waals surface area (Å²) in [5.41, 5.74) is 1.42. The standard InChI is InChI=1S/C13H15N3O2/c17-8-4-7-14-13(18)11-9-15-16(10-11)12-5-2-1-3-6-12/h1-3,5-6,9-10,17H,4,7-8H2,(H,14,18). The highest BCUT2D eigenvalue weighted by molar-refractivity contribution is 5.93. The third-order valence-corrected chi connectivity index (χ3v) is 2.49. The van der Waals surface area contributed by atoms with Crippen LogP contribution in [0.3, 0.4) is 0 Å². The van der Waals surface area contributed by atoms with E-state index in [-0.39, 0.29) is 12.5 Å². The average molecular weight is 245 g/mol. The van der Waals surface area contributed by atoms with Crippen LogP contribution in [-0.2, 0) is 0 Å². The van der Waals surface area contributed by atoms with Crippen LogP contribution in [0.5, 0.6) is 0 Å². The van der Waals surface area contributed by atoms with E-state index < -0.39 is 0 Å². The Hall–Kier alpha value is -2.14. The van der Waals surface area contributed by atoms with Crippen molar-refractivity contribution in [1.82, 2.24) is 15.1 Å². The Morgan fingerprint density at radius 3 is 2.83 bits per heavy atom. The summed E-state index contributed by atoms with van der Waals surface area (Å²) in [5, 5.41) is 15.5. The van der Waals surface area contributed by atoms with Gasteiger partial charge in [0.05, 0.1) is 17.4 Å². The molecule has 0 aliphatic carbocycles. The molecule has 0 fully saturated rings. The fourth-order valence-corrected chi connectivity index (χ4v) is 1.55. The molecule has 2 aromatic rings. The number of carbonyl (C=O) groups excluding carboxylic acids is 1. The van der Waals surface area contributed by atoms with Crippen molar-refractivity contribution in [3.05, 3.63) is 48.3 Å². The second kappa shape index (κ2) is 5.97. The van der Waals surface area contributed by atoms with Gasteiger partial charge in [0, 0.05) is 19.3 Å². The molecule has 1 aromatic carbocycles. The molecule has 94 valence electrons. The number of nitrogens with zero attached hydrogens (tertiary/aromatic N) is 2. The molecule has 1 aromatic heterocycles. The molecule has 5 heteroatoms. The number of nitrogens with one attached hydrogen (secondary N) is 1. The van der Waals surface area contributed by atoms with Crippen molar-refractivity contribution in [2.45, 2.75) is 6.42 Å². The minimum absolute atomic E-state index is 0.0730. The predicted molar refractivity (Wildman–Crippen MR) is 67.6 cm³/mol. The first kappa shape index (κ1) is 12.3. The summed E-state index contributed by atoms with van der Waals surface area (Å²) >= 11 is 0. The van der Waals surface area contributed by atoms with Gasteiger partial charge in [0.2, 0.25) is 0 Å². The molecule has 0 bridgehead atoms. The number of carbonyl (C=O) groups is 1. The van der Waals surface area contributed by atoms with Crippen LogP contribution in [0, 0.1) is 0 Å². The lowest BCUT2D eigenvalue weighted by molar-refractivity contribution is 0.0951. The summed E-state index contributed by atoms with van der Waals surface area (Å²) in [6.07, 6.45) is 3.77. The third-order valence-electron chi connectivity index (χ3n) is 2.49. The summed E-state index contributed by atoms with van der Waals surface area (Å²) in [4.78, 5) is 11.7. The Kier molecular flexibility index (Phi) is 4.09. The Bertz CT molecular complexity index is 508. The second-order valence-corrected chi connectivity index (χ2v) is 3.84. The summed E-state index contributed by atoms with van der Waals surface area (Å²) < 4.78 is 1.65. The number of aliphatic hydroxyl groups excluding tert-OH is 1. The van der Waals surface area contributed by atoms with Gasteiger partial charge in [-0.1, -0.05) is 18.2 Å². The van der Waals surface area contributed by atoms with Gasteiger partial charge in [-0.3, -0.25) is 4.79 Å². The van der Waals surface area contributed by atoms with Crippen molar-refractivity contribution < 1.29 is 9.90 Å². The average Bonchev–Trinajstić information content (AvgIpc) is 2.89. The fraction of sp³-hybridized carbons (Fsp3) is 0.231. The quantitative estimate of drug-likeness (QED) is 0.772. The monoisotopic (exact) mass is 245 g/mol. The van der Waals surface area contributed by atoms with Crippen LogP contribution < -0.4 is 5.32 Å². The first-order valence-electron chi connectivity index (χ1n) is 5.80. The van der Waals surface area contributed by atoms with Gasteiger partial charge in [0.25, 0.3) is 5.91 Å². The second-order valence-electron chi connectivity index (χ2n) is 3.84. The number of rotatable bonds is 5. The molecule has 0 spiro atoms. The maximum atomic E-state index is 11.7. The number of hydrogen-bond donors (Lipinski definition) is 2. The summed E-state index contributed by atoms with van der Waals surface area (Å²) in [5.74, 6) is -0.175. The molecule has 0 aliphatic heterocycles. The number of benzene rings is 1. The zero-order chi connectivity index (χ0) is 12.8. The Morgan fingerprint density at radius 2 is 2.11 bits per heavy atom. The molecule has 1 heterocycles. The van der Waals surface area contributed by atoms with Crippen LogP contribution in [0.15, 0.2) is 42.7 Å². The number of aromatic nitrogens is 2. The SMILES string of the molecule is O=C(NCCCO)c1cnn(-c2ccccc2)c1. The number of para-hydroxylation sites is 1. The van der Waals surface area contributed by atoms with Gasteiger partial charge in [-0.25, -0.2) is 4.68 Å². The van der Waals surface area contributed by atoms with Gasteiger partial charge in [-0.2, -0.15) is 5.10 Å². The van der Waals surface area contributed by atoms with Crippen LogP contribution >= 0.6 is 0 Å². The topological polar surface area (TPSA) is 67.2 Å². The van der Waals surface area contributed by atoms with Gasteiger partial charge in [-0.05, 0) is 18.6 Å². The minimum atomic E-state index is -0.175. The molecule has 2 N–H and O–H groups in total. The zero-order valence-electron chi connectivity index (χ0n) is 9.91. The highest BCUT2D eigenvalue weighted by Gasteiger charge is 2.08. The molecule has 0 atom stereocenters. The first-order chi connectivity index (χ1) is 8.81. The van der Waals surface area contributed by atoms with Gasteiger partial charge in [0.1, 0.15) is 0 Å². The van der Waals surface area contributed by atoms with Crippen molar-refractivity contribution >= 4 is 5.91 Å². The van der Waals surface area contributed by atoms with Crippen LogP contribution in [0.2, 0.25) is 0 Å². The van der Waals surface area contributed by atoms with E-state index >= 15 is 0 Å². The number of amides is 1. The normalized spacial score (nSPS) is 10.3. The van der Waals surface area contributed by atoms with E-state index in [1.54, 1.807) is 10.9 Å². The van der Waals surface area contributed by atoms with Crippen molar-refractivity contribution in [1.29, 1.82) is 0 Å². The van der Waals surface area contributed by atoms with Crippen molar-refractivity contribution in [2.75, 3.05) is 13.2 Å². The first-order valence-corrected chi connectivity index (χ1v) is 5.80. The van der Waals surface area contributed by atoms with E-state index in [0.717, 1.165) is 5.69 Å². The van der Waals surface area contributed by atoms with Gasteiger partial charge in [0.15, 0.2) is 0 Å². The van der Waals surface area contributed by atoms with Gasteiger partial charge >= 0.3 is 0 Å². The van der Waals surface area contributed by atoms with E-state index in [2.05, 4.69) is 10.4 Å². The summed E-state index contributed by atoms with van der Waals surface area (Å²) in [6, 6.07) is 9.59.